The summed E-state index contributed by atoms with van der Waals surface area (Å²) >= 11 is 3.27. The van der Waals surface area contributed by atoms with Gasteiger partial charge in [-0.3, -0.25) is 4.57 Å². The Labute approximate surface area is 71.7 Å². The van der Waals surface area contributed by atoms with Gasteiger partial charge in [-0.1, -0.05) is 0 Å². The van der Waals surface area contributed by atoms with Crippen LogP contribution in [0.3, 0.4) is 0 Å². The monoisotopic (exact) mass is 215 g/mol. The Morgan fingerprint density at radius 3 is 3.27 bits per heavy atom. The van der Waals surface area contributed by atoms with Gasteiger partial charge in [-0.05, 0) is 15.9 Å². The number of aromatic nitrogens is 2. The standard InChI is InChI=1S/C6H6BrN3O/c7-5-4-1-2-8-6(11)10(4)3-9-5/h3H,1-2H2,(H,8,11). The molecule has 0 radical (unpaired) electrons. The molecule has 0 spiro atoms. The van der Waals surface area contributed by atoms with Crippen molar-refractivity contribution in [3.05, 3.63) is 16.6 Å². The lowest BCUT2D eigenvalue weighted by Crippen LogP contribution is -2.36. The summed E-state index contributed by atoms with van der Waals surface area (Å²) in [7, 11) is 0. The summed E-state index contributed by atoms with van der Waals surface area (Å²) in [5, 5.41) is 2.71. The van der Waals surface area contributed by atoms with Crippen molar-refractivity contribution in [2.24, 2.45) is 0 Å². The summed E-state index contributed by atoms with van der Waals surface area (Å²) in [6, 6.07) is -0.0931. The second-order valence-electron chi connectivity index (χ2n) is 2.33. The fraction of sp³-hybridized carbons (Fsp3) is 0.333. The van der Waals surface area contributed by atoms with Crippen LogP contribution in [0.1, 0.15) is 5.69 Å². The van der Waals surface area contributed by atoms with E-state index in [4.69, 9.17) is 0 Å². The van der Waals surface area contributed by atoms with Crippen molar-refractivity contribution < 1.29 is 4.79 Å². The van der Waals surface area contributed by atoms with Crippen molar-refractivity contribution in [2.75, 3.05) is 6.54 Å². The number of amides is 1. The molecule has 1 aromatic heterocycles. The van der Waals surface area contributed by atoms with E-state index in [2.05, 4.69) is 26.2 Å². The molecule has 5 heteroatoms. The molecule has 0 saturated heterocycles. The molecule has 1 aromatic rings. The molecule has 2 rings (SSSR count). The number of carbonyl (C=O) groups excluding carboxylic acids is 1. The first-order valence-electron chi connectivity index (χ1n) is 3.29. The van der Waals surface area contributed by atoms with Crippen LogP contribution in [0.4, 0.5) is 4.79 Å². The minimum Gasteiger partial charge on any atom is -0.337 e. The first kappa shape index (κ1) is 6.84. The van der Waals surface area contributed by atoms with Crippen molar-refractivity contribution in [3.8, 4) is 0 Å². The van der Waals surface area contributed by atoms with Gasteiger partial charge >= 0.3 is 6.03 Å². The molecule has 1 aliphatic heterocycles. The number of nitrogens with zero attached hydrogens (tertiary/aromatic N) is 2. The highest BCUT2D eigenvalue weighted by molar-refractivity contribution is 9.10. The molecule has 11 heavy (non-hydrogen) atoms. The van der Waals surface area contributed by atoms with Gasteiger partial charge in [0.1, 0.15) is 10.9 Å². The Morgan fingerprint density at radius 1 is 1.73 bits per heavy atom. The maximum absolute atomic E-state index is 11.1. The molecule has 0 aliphatic carbocycles. The first-order chi connectivity index (χ1) is 5.29. The molecule has 0 atom stereocenters. The molecule has 0 saturated carbocycles. The van der Waals surface area contributed by atoms with Crippen LogP contribution in [0, 0.1) is 0 Å². The van der Waals surface area contributed by atoms with Gasteiger partial charge in [-0.15, -0.1) is 0 Å². The zero-order valence-corrected chi connectivity index (χ0v) is 7.26. The molecular formula is C6H6BrN3O. The number of carbonyl (C=O) groups is 1. The minimum absolute atomic E-state index is 0.0931. The summed E-state index contributed by atoms with van der Waals surface area (Å²) in [6.07, 6.45) is 2.36. The van der Waals surface area contributed by atoms with Crippen LogP contribution < -0.4 is 5.32 Å². The van der Waals surface area contributed by atoms with Crippen LogP contribution in [0.25, 0.3) is 0 Å². The molecule has 0 aromatic carbocycles. The summed E-state index contributed by atoms with van der Waals surface area (Å²) in [5.41, 5.74) is 0.953. The van der Waals surface area contributed by atoms with Crippen LogP contribution in [-0.2, 0) is 6.42 Å². The maximum Gasteiger partial charge on any atom is 0.327 e. The van der Waals surface area contributed by atoms with Crippen LogP contribution in [0.5, 0.6) is 0 Å². The van der Waals surface area contributed by atoms with Crippen LogP contribution in [-0.4, -0.2) is 22.1 Å². The predicted molar refractivity (Wildman–Crippen MR) is 42.4 cm³/mol. The first-order valence-corrected chi connectivity index (χ1v) is 4.08. The molecule has 0 bridgehead atoms. The fourth-order valence-electron chi connectivity index (χ4n) is 1.12. The number of hydrogen-bond donors (Lipinski definition) is 1. The zero-order valence-electron chi connectivity index (χ0n) is 5.67. The molecule has 1 N–H and O–H groups in total. The number of rotatable bonds is 0. The van der Waals surface area contributed by atoms with E-state index in [0.717, 1.165) is 16.7 Å². The number of halogens is 1. The largest absolute Gasteiger partial charge is 0.337 e. The van der Waals surface area contributed by atoms with Gasteiger partial charge in [0.15, 0.2) is 0 Å². The maximum atomic E-state index is 11.1. The smallest absolute Gasteiger partial charge is 0.327 e. The van der Waals surface area contributed by atoms with Crippen LogP contribution in [0.15, 0.2) is 10.9 Å². The molecule has 1 aliphatic rings. The van der Waals surface area contributed by atoms with Gasteiger partial charge < -0.3 is 5.32 Å². The molecule has 58 valence electrons. The van der Waals surface area contributed by atoms with Crippen molar-refractivity contribution in [1.82, 2.24) is 14.9 Å². The topological polar surface area (TPSA) is 46.9 Å². The van der Waals surface area contributed by atoms with Crippen molar-refractivity contribution in [1.29, 1.82) is 0 Å². The molecular weight excluding hydrogens is 210 g/mol. The van der Waals surface area contributed by atoms with Gasteiger partial charge in [0, 0.05) is 13.0 Å². The summed E-state index contributed by atoms with van der Waals surface area (Å²) in [5.74, 6) is 0. The van der Waals surface area contributed by atoms with E-state index >= 15 is 0 Å². The highest BCUT2D eigenvalue weighted by Gasteiger charge is 2.18. The Morgan fingerprint density at radius 2 is 2.55 bits per heavy atom. The Bertz CT molecular complexity index is 307. The highest BCUT2D eigenvalue weighted by atomic mass is 79.9. The quantitative estimate of drug-likeness (QED) is 0.695. The third kappa shape index (κ3) is 0.956. The van der Waals surface area contributed by atoms with Crippen molar-refractivity contribution in [2.45, 2.75) is 6.42 Å². The zero-order chi connectivity index (χ0) is 7.84. The second kappa shape index (κ2) is 2.34. The van der Waals surface area contributed by atoms with Gasteiger partial charge in [0.25, 0.3) is 0 Å². The van der Waals surface area contributed by atoms with E-state index in [9.17, 15) is 4.79 Å². The Balaban J connectivity index is 2.55. The average molecular weight is 216 g/mol. The lowest BCUT2D eigenvalue weighted by atomic mass is 10.3. The van der Waals surface area contributed by atoms with Crippen LogP contribution in [0.2, 0.25) is 0 Å². The lowest BCUT2D eigenvalue weighted by molar-refractivity contribution is 0.239. The van der Waals surface area contributed by atoms with Crippen molar-refractivity contribution in [3.63, 3.8) is 0 Å². The van der Waals surface area contributed by atoms with E-state index in [0.29, 0.717) is 6.54 Å². The molecule has 4 nitrogen and oxygen atoms in total. The SMILES string of the molecule is O=C1NCCc2c(Br)ncn21. The van der Waals surface area contributed by atoms with E-state index < -0.39 is 0 Å². The van der Waals surface area contributed by atoms with E-state index in [1.54, 1.807) is 0 Å². The Kier molecular flexibility index (Phi) is 1.45. The van der Waals surface area contributed by atoms with Crippen molar-refractivity contribution >= 4 is 22.0 Å². The Hall–Kier alpha value is -0.840. The molecule has 0 unspecified atom stereocenters. The summed E-state index contributed by atoms with van der Waals surface area (Å²) in [6.45, 7) is 0.698. The lowest BCUT2D eigenvalue weighted by Gasteiger charge is -2.13. The summed E-state index contributed by atoms with van der Waals surface area (Å²) < 4.78 is 2.29. The summed E-state index contributed by atoms with van der Waals surface area (Å²) in [4.78, 5) is 15.1. The number of fused-ring (bicyclic) bond motifs is 1. The highest BCUT2D eigenvalue weighted by Crippen LogP contribution is 2.16. The average Bonchev–Trinajstić information content (AvgIpc) is 2.35. The van der Waals surface area contributed by atoms with Gasteiger partial charge in [-0.25, -0.2) is 9.78 Å². The third-order valence-corrected chi connectivity index (χ3v) is 2.33. The number of nitrogens with one attached hydrogen (secondary N) is 1. The van der Waals surface area contributed by atoms with E-state index in [-0.39, 0.29) is 6.03 Å². The molecule has 1 amide bonds. The molecule has 2 heterocycles. The van der Waals surface area contributed by atoms with E-state index in [1.165, 1.54) is 10.9 Å². The molecule has 0 fully saturated rings. The number of imidazole rings is 1. The van der Waals surface area contributed by atoms with E-state index in [1.807, 2.05) is 0 Å². The predicted octanol–water partition coefficient (Wildman–Crippen LogP) is 0.759. The van der Waals surface area contributed by atoms with Gasteiger partial charge in [0.05, 0.1) is 5.69 Å². The van der Waals surface area contributed by atoms with Gasteiger partial charge in [0.2, 0.25) is 0 Å². The van der Waals surface area contributed by atoms with Gasteiger partial charge in [-0.2, -0.15) is 0 Å². The minimum atomic E-state index is -0.0931. The van der Waals surface area contributed by atoms with Crippen LogP contribution >= 0.6 is 15.9 Å². The third-order valence-electron chi connectivity index (χ3n) is 1.67. The number of hydrogen-bond acceptors (Lipinski definition) is 2. The second-order valence-corrected chi connectivity index (χ2v) is 3.09. The fourth-order valence-corrected chi connectivity index (χ4v) is 1.60. The normalized spacial score (nSPS) is 15.9.